The number of carbonyl (C=O) groups excluding carboxylic acids is 1. The summed E-state index contributed by atoms with van der Waals surface area (Å²) in [5.74, 6) is -0.273. The van der Waals surface area contributed by atoms with Crippen LogP contribution in [0, 0.1) is 0 Å². The molecular formula is C5H9LiNO2. The van der Waals surface area contributed by atoms with Gasteiger partial charge < -0.3 is 4.74 Å². The van der Waals surface area contributed by atoms with Gasteiger partial charge in [0.2, 0.25) is 0 Å². The summed E-state index contributed by atoms with van der Waals surface area (Å²) < 4.78 is 4.49. The molecule has 0 rings (SSSR count). The van der Waals surface area contributed by atoms with Gasteiger partial charge in [0, 0.05) is 39.0 Å². The number of aliphatic imine (C=N–C) groups is 1. The van der Waals surface area contributed by atoms with Crippen LogP contribution in [0.5, 0.6) is 0 Å². The largest absolute Gasteiger partial charge is 0.460 e. The molecule has 0 saturated heterocycles. The van der Waals surface area contributed by atoms with Gasteiger partial charge in [-0.3, -0.25) is 9.79 Å². The van der Waals surface area contributed by atoms with E-state index in [1.807, 2.05) is 0 Å². The Morgan fingerprint density at radius 3 is 2.67 bits per heavy atom. The molecule has 0 N–H and O–H groups in total. The summed E-state index contributed by atoms with van der Waals surface area (Å²) in [5.41, 5.74) is 0. The number of carbonyl (C=O) groups is 1. The van der Waals surface area contributed by atoms with E-state index in [1.165, 1.54) is 13.1 Å². The van der Waals surface area contributed by atoms with Crippen molar-refractivity contribution in [3.8, 4) is 0 Å². The SMILES string of the molecule is CN=CCOC(C)=O.[Li]. The molecule has 0 bridgehead atoms. The zero-order chi connectivity index (χ0) is 6.41. The Balaban J connectivity index is 0. The summed E-state index contributed by atoms with van der Waals surface area (Å²) in [4.78, 5) is 13.6. The van der Waals surface area contributed by atoms with Crippen LogP contribution < -0.4 is 0 Å². The fourth-order valence-corrected chi connectivity index (χ4v) is 0.229. The Bertz CT molecular complexity index is 103. The van der Waals surface area contributed by atoms with E-state index in [9.17, 15) is 4.79 Å². The monoisotopic (exact) mass is 122 g/mol. The molecule has 0 atom stereocenters. The topological polar surface area (TPSA) is 38.7 Å². The third kappa shape index (κ3) is 11.3. The van der Waals surface area contributed by atoms with Crippen LogP contribution in [0.3, 0.4) is 0 Å². The van der Waals surface area contributed by atoms with Gasteiger partial charge in [0.25, 0.3) is 0 Å². The third-order valence-electron chi connectivity index (χ3n) is 0.544. The minimum Gasteiger partial charge on any atom is -0.460 e. The predicted octanol–water partition coefficient (Wildman–Crippen LogP) is -0.131. The second-order valence-electron chi connectivity index (χ2n) is 1.24. The van der Waals surface area contributed by atoms with Crippen LogP contribution in [0.4, 0.5) is 0 Å². The maximum Gasteiger partial charge on any atom is 0.302 e. The van der Waals surface area contributed by atoms with Gasteiger partial charge in [-0.05, 0) is 0 Å². The van der Waals surface area contributed by atoms with Crippen LogP contribution in [0.15, 0.2) is 4.99 Å². The molecule has 0 amide bonds. The van der Waals surface area contributed by atoms with Gasteiger partial charge in [-0.2, -0.15) is 0 Å². The van der Waals surface area contributed by atoms with Crippen molar-refractivity contribution in [2.45, 2.75) is 6.92 Å². The van der Waals surface area contributed by atoms with Crippen molar-refractivity contribution in [2.75, 3.05) is 13.7 Å². The van der Waals surface area contributed by atoms with Gasteiger partial charge in [0.1, 0.15) is 6.61 Å². The first-order chi connectivity index (χ1) is 3.77. The van der Waals surface area contributed by atoms with Gasteiger partial charge in [0.05, 0.1) is 0 Å². The summed E-state index contributed by atoms with van der Waals surface area (Å²) in [7, 11) is 1.63. The van der Waals surface area contributed by atoms with Crippen molar-refractivity contribution in [3.05, 3.63) is 0 Å². The maximum absolute atomic E-state index is 10.0. The Morgan fingerprint density at radius 2 is 2.33 bits per heavy atom. The number of esters is 1. The molecule has 0 aliphatic rings. The standard InChI is InChI=1S/C5H9NO2.Li/c1-5(7)8-4-3-6-2;/h3H,4H2,1-2H3;. The van der Waals surface area contributed by atoms with E-state index in [2.05, 4.69) is 9.73 Å². The van der Waals surface area contributed by atoms with Crippen LogP contribution >= 0.6 is 0 Å². The zero-order valence-electron chi connectivity index (χ0n) is 6.05. The van der Waals surface area contributed by atoms with Crippen molar-refractivity contribution in [1.82, 2.24) is 0 Å². The second-order valence-corrected chi connectivity index (χ2v) is 1.24. The Hall–Kier alpha value is -0.263. The molecule has 0 aromatic heterocycles. The van der Waals surface area contributed by atoms with Crippen molar-refractivity contribution in [1.29, 1.82) is 0 Å². The molecule has 9 heavy (non-hydrogen) atoms. The zero-order valence-corrected chi connectivity index (χ0v) is 6.05. The number of hydrogen-bond acceptors (Lipinski definition) is 3. The van der Waals surface area contributed by atoms with E-state index >= 15 is 0 Å². The van der Waals surface area contributed by atoms with Crippen molar-refractivity contribution in [2.24, 2.45) is 4.99 Å². The molecule has 3 nitrogen and oxygen atoms in total. The first kappa shape index (κ1) is 11.5. The smallest absolute Gasteiger partial charge is 0.302 e. The van der Waals surface area contributed by atoms with Crippen LogP contribution in [0.2, 0.25) is 0 Å². The van der Waals surface area contributed by atoms with Crippen molar-refractivity contribution in [3.63, 3.8) is 0 Å². The fourth-order valence-electron chi connectivity index (χ4n) is 0.229. The predicted molar refractivity (Wildman–Crippen MR) is 36.8 cm³/mol. The number of ether oxygens (including phenoxy) is 1. The maximum atomic E-state index is 10.0. The van der Waals surface area contributed by atoms with E-state index in [4.69, 9.17) is 0 Å². The molecule has 0 saturated carbocycles. The van der Waals surface area contributed by atoms with Gasteiger partial charge >= 0.3 is 5.97 Å². The molecule has 0 aromatic rings. The normalized spacial score (nSPS) is 8.67. The Labute approximate surface area is 66.7 Å². The van der Waals surface area contributed by atoms with E-state index in [-0.39, 0.29) is 31.4 Å². The minimum absolute atomic E-state index is 0. The summed E-state index contributed by atoms with van der Waals surface area (Å²) >= 11 is 0. The van der Waals surface area contributed by atoms with Crippen LogP contribution in [-0.4, -0.2) is 44.7 Å². The molecule has 0 heterocycles. The molecule has 0 aromatic carbocycles. The fraction of sp³-hybridized carbons (Fsp3) is 0.600. The van der Waals surface area contributed by atoms with Crippen LogP contribution in [0.25, 0.3) is 0 Å². The number of nitrogens with zero attached hydrogens (tertiary/aromatic N) is 1. The van der Waals surface area contributed by atoms with Gasteiger partial charge in [-0.15, -0.1) is 0 Å². The Kier molecular flexibility index (Phi) is 9.91. The Morgan fingerprint density at radius 1 is 1.78 bits per heavy atom. The minimum atomic E-state index is -0.273. The third-order valence-corrected chi connectivity index (χ3v) is 0.544. The van der Waals surface area contributed by atoms with E-state index in [0.717, 1.165) is 0 Å². The second kappa shape index (κ2) is 7.74. The van der Waals surface area contributed by atoms with Crippen molar-refractivity contribution < 1.29 is 9.53 Å². The van der Waals surface area contributed by atoms with E-state index in [1.54, 1.807) is 7.05 Å². The van der Waals surface area contributed by atoms with E-state index in [0.29, 0.717) is 0 Å². The summed E-state index contributed by atoms with van der Waals surface area (Å²) in [6.45, 7) is 1.65. The molecule has 0 spiro atoms. The summed E-state index contributed by atoms with van der Waals surface area (Å²) in [6.07, 6.45) is 1.53. The van der Waals surface area contributed by atoms with Gasteiger partial charge in [-0.1, -0.05) is 0 Å². The number of hydrogen-bond donors (Lipinski definition) is 0. The van der Waals surface area contributed by atoms with Crippen LogP contribution in [0.1, 0.15) is 6.92 Å². The molecule has 0 fully saturated rings. The molecular weight excluding hydrogens is 113 g/mol. The number of rotatable bonds is 2. The summed E-state index contributed by atoms with van der Waals surface area (Å²) in [5, 5.41) is 0. The first-order valence-corrected chi connectivity index (χ1v) is 2.31. The average Bonchev–Trinajstić information content (AvgIpc) is 1.66. The van der Waals surface area contributed by atoms with E-state index < -0.39 is 0 Å². The molecule has 0 unspecified atom stereocenters. The summed E-state index contributed by atoms with van der Waals surface area (Å²) in [6, 6.07) is 0. The molecule has 0 aliphatic heterocycles. The van der Waals surface area contributed by atoms with Crippen LogP contribution in [-0.2, 0) is 9.53 Å². The molecule has 47 valence electrons. The van der Waals surface area contributed by atoms with Gasteiger partial charge in [-0.25, -0.2) is 0 Å². The van der Waals surface area contributed by atoms with Crippen molar-refractivity contribution >= 4 is 31.0 Å². The quantitative estimate of drug-likeness (QED) is 0.290. The molecule has 4 heteroatoms. The molecule has 1 radical (unpaired) electrons. The average molecular weight is 122 g/mol. The van der Waals surface area contributed by atoms with Gasteiger partial charge in [0.15, 0.2) is 0 Å². The first-order valence-electron chi connectivity index (χ1n) is 2.31. The molecule has 0 aliphatic carbocycles.